The molecule has 0 saturated carbocycles. The lowest BCUT2D eigenvalue weighted by Gasteiger charge is -2.23. The van der Waals surface area contributed by atoms with E-state index in [-0.39, 0.29) is 5.91 Å². The van der Waals surface area contributed by atoms with Crippen molar-refractivity contribution in [1.82, 2.24) is 19.8 Å². The molecule has 1 saturated heterocycles. The molecule has 0 unspecified atom stereocenters. The number of nitrogens with one attached hydrogen (secondary N) is 1. The van der Waals surface area contributed by atoms with E-state index in [0.29, 0.717) is 52.4 Å². The molecule has 4 aromatic rings. The lowest BCUT2D eigenvalue weighted by atomic mass is 10.0. The third-order valence-electron chi connectivity index (χ3n) is 6.77. The van der Waals surface area contributed by atoms with E-state index in [9.17, 15) is 4.79 Å². The fourth-order valence-electron chi connectivity index (χ4n) is 4.88. The van der Waals surface area contributed by atoms with Crippen LogP contribution >= 0.6 is 27.5 Å². The summed E-state index contributed by atoms with van der Waals surface area (Å²) in [6, 6.07) is 11.7. The molecule has 2 aromatic carbocycles. The Bertz CT molecular complexity index is 1550. The summed E-state index contributed by atoms with van der Waals surface area (Å²) in [6.07, 6.45) is 5.78. The van der Waals surface area contributed by atoms with Crippen molar-refractivity contribution in [2.75, 3.05) is 32.7 Å². The smallest absolute Gasteiger partial charge is 0.252 e. The second-order valence-electron chi connectivity index (χ2n) is 9.40. The zero-order valence-electron chi connectivity index (χ0n) is 20.8. The van der Waals surface area contributed by atoms with Gasteiger partial charge in [-0.1, -0.05) is 45.8 Å². The van der Waals surface area contributed by atoms with Crippen molar-refractivity contribution in [3.05, 3.63) is 63.2 Å². The first kappa shape index (κ1) is 25.7. The van der Waals surface area contributed by atoms with Crippen molar-refractivity contribution >= 4 is 55.2 Å². The van der Waals surface area contributed by atoms with Crippen LogP contribution in [0.15, 0.2) is 47.1 Å². The molecule has 37 heavy (non-hydrogen) atoms. The van der Waals surface area contributed by atoms with Gasteiger partial charge in [0.1, 0.15) is 0 Å². The number of benzene rings is 2. The van der Waals surface area contributed by atoms with Gasteiger partial charge >= 0.3 is 0 Å². The average Bonchev–Trinajstić information content (AvgIpc) is 3.22. The van der Waals surface area contributed by atoms with Gasteiger partial charge in [-0.15, -0.1) is 0 Å². The molecule has 6 nitrogen and oxygen atoms in total. The van der Waals surface area contributed by atoms with Gasteiger partial charge < -0.3 is 15.6 Å². The number of carbonyl (C=O) groups is 1. The molecular weight excluding hydrogens is 550 g/mol. The Morgan fingerprint density at radius 1 is 1.16 bits per heavy atom. The number of carbonyl (C=O) groups excluding carboxylic acids is 1. The highest BCUT2D eigenvalue weighted by molar-refractivity contribution is 9.10. The second kappa shape index (κ2) is 11.2. The maximum Gasteiger partial charge on any atom is 0.252 e. The third-order valence-corrected chi connectivity index (χ3v) is 7.58. The summed E-state index contributed by atoms with van der Waals surface area (Å²) in [6.45, 7) is 3.63. The minimum Gasteiger partial charge on any atom is -0.351 e. The van der Waals surface area contributed by atoms with E-state index in [1.54, 1.807) is 0 Å². The maximum absolute atomic E-state index is 13.3. The second-order valence-corrected chi connectivity index (χ2v) is 10.7. The number of fused-ring (bicyclic) bond motifs is 2. The highest BCUT2D eigenvalue weighted by Gasteiger charge is 2.18. The summed E-state index contributed by atoms with van der Waals surface area (Å²) in [5, 5.41) is 5.20. The van der Waals surface area contributed by atoms with Crippen molar-refractivity contribution < 1.29 is 4.79 Å². The van der Waals surface area contributed by atoms with Gasteiger partial charge in [0, 0.05) is 58.2 Å². The van der Waals surface area contributed by atoms with E-state index in [1.807, 2.05) is 37.5 Å². The van der Waals surface area contributed by atoms with Crippen LogP contribution in [0, 0.1) is 11.8 Å². The number of piperidine rings is 1. The van der Waals surface area contributed by atoms with E-state index in [0.717, 1.165) is 34.0 Å². The van der Waals surface area contributed by atoms with Gasteiger partial charge in [0.05, 0.1) is 28.3 Å². The van der Waals surface area contributed by atoms with Crippen LogP contribution in [-0.4, -0.2) is 53.1 Å². The van der Waals surface area contributed by atoms with E-state index in [1.165, 1.54) is 19.3 Å². The Hall–Kier alpha value is -2.89. The summed E-state index contributed by atoms with van der Waals surface area (Å²) in [7, 11) is 2.00. The largest absolute Gasteiger partial charge is 0.351 e. The molecule has 3 N–H and O–H groups in total. The van der Waals surface area contributed by atoms with Crippen LogP contribution in [0.4, 0.5) is 0 Å². The highest BCUT2D eigenvalue weighted by Crippen LogP contribution is 2.34. The number of pyridine rings is 1. The molecule has 0 radical (unpaired) electrons. The molecule has 1 amide bonds. The summed E-state index contributed by atoms with van der Waals surface area (Å²) >= 11 is 10.3. The number of hydrogen-bond donors (Lipinski definition) is 2. The van der Waals surface area contributed by atoms with E-state index < -0.39 is 0 Å². The van der Waals surface area contributed by atoms with Gasteiger partial charge in [-0.3, -0.25) is 9.69 Å². The van der Waals surface area contributed by atoms with E-state index >= 15 is 0 Å². The minimum absolute atomic E-state index is 0.199. The zero-order valence-corrected chi connectivity index (χ0v) is 23.1. The van der Waals surface area contributed by atoms with Gasteiger partial charge in [-0.2, -0.15) is 0 Å². The fourth-order valence-corrected chi connectivity index (χ4v) is 5.45. The quantitative estimate of drug-likeness (QED) is 0.314. The van der Waals surface area contributed by atoms with Crippen LogP contribution in [0.1, 0.15) is 35.2 Å². The predicted molar refractivity (Wildman–Crippen MR) is 155 cm³/mol. The van der Waals surface area contributed by atoms with Crippen LogP contribution in [0.2, 0.25) is 5.02 Å². The first-order valence-electron chi connectivity index (χ1n) is 12.5. The Labute approximate surface area is 230 Å². The van der Waals surface area contributed by atoms with Gasteiger partial charge in [0.2, 0.25) is 0 Å². The molecule has 1 aliphatic heterocycles. The van der Waals surface area contributed by atoms with Crippen molar-refractivity contribution in [2.24, 2.45) is 12.8 Å². The summed E-state index contributed by atoms with van der Waals surface area (Å²) < 4.78 is 3.04. The Balaban J connectivity index is 1.61. The summed E-state index contributed by atoms with van der Waals surface area (Å²) in [5.41, 5.74) is 10.2. The Kier molecular flexibility index (Phi) is 7.82. The number of amides is 1. The molecule has 3 heterocycles. The molecule has 0 atom stereocenters. The average molecular weight is 579 g/mol. The van der Waals surface area contributed by atoms with Crippen molar-refractivity contribution in [3.63, 3.8) is 0 Å². The third kappa shape index (κ3) is 5.53. The maximum atomic E-state index is 13.3. The molecule has 0 spiro atoms. The van der Waals surface area contributed by atoms with Crippen LogP contribution in [-0.2, 0) is 7.05 Å². The highest BCUT2D eigenvalue weighted by atomic mass is 79.9. The lowest BCUT2D eigenvalue weighted by Crippen LogP contribution is -2.29. The number of likely N-dealkylation sites (tertiary alicyclic amines) is 1. The number of hydrogen-bond acceptors (Lipinski definition) is 4. The Morgan fingerprint density at radius 3 is 2.76 bits per heavy atom. The predicted octanol–water partition coefficient (Wildman–Crippen LogP) is 5.34. The molecule has 2 aromatic heterocycles. The lowest BCUT2D eigenvalue weighted by molar-refractivity contribution is 0.0956. The first-order chi connectivity index (χ1) is 17.9. The van der Waals surface area contributed by atoms with Crippen LogP contribution in [0.5, 0.6) is 0 Å². The minimum atomic E-state index is -0.199. The van der Waals surface area contributed by atoms with Gasteiger partial charge in [-0.05, 0) is 62.3 Å². The number of aromatic nitrogens is 2. The van der Waals surface area contributed by atoms with E-state index in [2.05, 4.69) is 54.7 Å². The number of nitrogens with zero attached hydrogens (tertiary/aromatic N) is 3. The molecule has 0 bridgehead atoms. The molecule has 1 fully saturated rings. The van der Waals surface area contributed by atoms with Crippen LogP contribution < -0.4 is 11.1 Å². The van der Waals surface area contributed by atoms with Crippen LogP contribution in [0.25, 0.3) is 33.1 Å². The zero-order chi connectivity index (χ0) is 25.9. The standard InChI is InChI=1S/C29H29BrClN5O/c1-35-18-24(22-15-20(30)7-8-28(22)35)26-16-23(29(37)33-10-9-32)21-14-19(25(31)17-27(21)34-26)6-5-13-36-11-3-2-4-12-36/h7-8,14-18H,2-4,9-13,32H2,1H3,(H,33,37). The van der Waals surface area contributed by atoms with E-state index in [4.69, 9.17) is 22.3 Å². The van der Waals surface area contributed by atoms with Gasteiger partial charge in [0.25, 0.3) is 5.91 Å². The molecule has 1 aliphatic rings. The number of rotatable bonds is 5. The number of halogens is 2. The molecular formula is C29H29BrClN5O. The molecule has 0 aliphatic carbocycles. The first-order valence-corrected chi connectivity index (χ1v) is 13.7. The Morgan fingerprint density at radius 2 is 1.97 bits per heavy atom. The van der Waals surface area contributed by atoms with Crippen molar-refractivity contribution in [2.45, 2.75) is 19.3 Å². The molecule has 5 rings (SSSR count). The normalized spacial score (nSPS) is 14.1. The van der Waals surface area contributed by atoms with Gasteiger partial charge in [-0.25, -0.2) is 4.98 Å². The fraction of sp³-hybridized carbons (Fsp3) is 0.310. The molecule has 8 heteroatoms. The molecule has 190 valence electrons. The number of nitrogens with two attached hydrogens (primary N) is 1. The summed E-state index contributed by atoms with van der Waals surface area (Å²) in [5.74, 6) is 6.30. The van der Waals surface area contributed by atoms with Crippen LogP contribution in [0.3, 0.4) is 0 Å². The topological polar surface area (TPSA) is 76.2 Å². The monoisotopic (exact) mass is 577 g/mol. The number of aryl methyl sites for hydroxylation is 1. The van der Waals surface area contributed by atoms with Gasteiger partial charge in [0.15, 0.2) is 0 Å². The summed E-state index contributed by atoms with van der Waals surface area (Å²) in [4.78, 5) is 20.6. The SMILES string of the molecule is Cn1cc(-c2cc(C(=O)NCCN)c3cc(C#CCN4CCCCC4)c(Cl)cc3n2)c2cc(Br)ccc21. The van der Waals surface area contributed by atoms with Crippen molar-refractivity contribution in [3.8, 4) is 23.1 Å². The van der Waals surface area contributed by atoms with Crippen molar-refractivity contribution in [1.29, 1.82) is 0 Å².